The maximum atomic E-state index is 13.5. The zero-order chi connectivity index (χ0) is 23.7. The lowest BCUT2D eigenvalue weighted by Gasteiger charge is -2.36. The van der Waals surface area contributed by atoms with E-state index >= 15 is 0 Å². The number of morpholine rings is 1. The highest BCUT2D eigenvalue weighted by molar-refractivity contribution is 7.48. The Morgan fingerprint density at radius 1 is 0.970 bits per heavy atom. The van der Waals surface area contributed by atoms with Gasteiger partial charge in [0, 0.05) is 6.54 Å². The zero-order valence-corrected chi connectivity index (χ0v) is 20.2. The lowest BCUT2D eigenvalue weighted by Crippen LogP contribution is -2.52. The number of phosphoric acid groups is 1. The molecule has 0 bridgehead atoms. The number of nitrogens with zero attached hydrogens (tertiary/aromatic N) is 1. The molecule has 0 radical (unpaired) electrons. The monoisotopic (exact) mass is 477 g/mol. The van der Waals surface area contributed by atoms with E-state index in [0.29, 0.717) is 13.2 Å². The average Bonchev–Trinajstić information content (AvgIpc) is 2.81. The topological polar surface area (TPSA) is 83.5 Å². The van der Waals surface area contributed by atoms with Crippen LogP contribution in [0.2, 0.25) is 0 Å². The first-order chi connectivity index (χ1) is 15.7. The maximum Gasteiger partial charge on any atom is 0.475 e. The lowest BCUT2D eigenvalue weighted by molar-refractivity contribution is -0.0461. The fourth-order valence-electron chi connectivity index (χ4n) is 3.10. The molecule has 1 amide bonds. The van der Waals surface area contributed by atoms with Crippen LogP contribution >= 0.6 is 7.82 Å². The molecule has 2 aromatic carbocycles. The average molecular weight is 477 g/mol. The van der Waals surface area contributed by atoms with Crippen molar-refractivity contribution in [2.45, 2.75) is 45.6 Å². The molecule has 1 atom stereocenters. The number of carbonyl (C=O) groups excluding carboxylic acids is 1. The van der Waals surface area contributed by atoms with E-state index in [1.165, 1.54) is 4.90 Å². The summed E-state index contributed by atoms with van der Waals surface area (Å²) in [5, 5.41) is 0. The Kier molecular flexibility index (Phi) is 9.06. The van der Waals surface area contributed by atoms with Gasteiger partial charge in [0.15, 0.2) is 0 Å². The number of amides is 1. The van der Waals surface area contributed by atoms with E-state index in [-0.39, 0.29) is 26.4 Å². The SMILES string of the molecule is CC(C)(C)OC(=O)N1CCOC[C@@H]1COP(=O)(OCc1ccccc1)OCc1ccccc1. The predicted octanol–water partition coefficient (Wildman–Crippen LogP) is 5.18. The Morgan fingerprint density at radius 3 is 2.03 bits per heavy atom. The Hall–Kier alpha value is -2.22. The molecule has 0 spiro atoms. The van der Waals surface area contributed by atoms with Crippen molar-refractivity contribution >= 4 is 13.9 Å². The molecule has 33 heavy (non-hydrogen) atoms. The van der Waals surface area contributed by atoms with Gasteiger partial charge in [-0.1, -0.05) is 60.7 Å². The normalized spacial score (nSPS) is 17.1. The van der Waals surface area contributed by atoms with Gasteiger partial charge in [0.25, 0.3) is 0 Å². The van der Waals surface area contributed by atoms with Crippen LogP contribution < -0.4 is 0 Å². The Bertz CT molecular complexity index is 870. The van der Waals surface area contributed by atoms with Crippen LogP contribution in [0.25, 0.3) is 0 Å². The van der Waals surface area contributed by atoms with Crippen LogP contribution in [0.4, 0.5) is 4.79 Å². The molecule has 0 unspecified atom stereocenters. The molecular formula is C24H32NO7P. The molecule has 1 aliphatic heterocycles. The minimum absolute atomic E-state index is 0.0594. The number of benzene rings is 2. The first kappa shape index (κ1) is 25.4. The third-order valence-electron chi connectivity index (χ3n) is 4.74. The third-order valence-corrected chi connectivity index (χ3v) is 6.10. The molecule has 0 saturated carbocycles. The van der Waals surface area contributed by atoms with Gasteiger partial charge in [-0.05, 0) is 31.9 Å². The highest BCUT2D eigenvalue weighted by Crippen LogP contribution is 2.51. The van der Waals surface area contributed by atoms with Crippen LogP contribution in [-0.4, -0.2) is 49.0 Å². The molecule has 1 fully saturated rings. The number of ether oxygens (including phenoxy) is 2. The standard InChI is InChI=1S/C24H32NO7P/c1-24(2,3)32-23(26)25-14-15-28-18-22(25)19-31-33(27,29-16-20-10-6-4-7-11-20)30-17-21-12-8-5-9-13-21/h4-13,22H,14-19H2,1-3H3/t22-/m1/s1. The summed E-state index contributed by atoms with van der Waals surface area (Å²) in [7, 11) is -3.95. The fourth-order valence-corrected chi connectivity index (χ4v) is 4.29. The largest absolute Gasteiger partial charge is 0.475 e. The molecule has 2 aromatic rings. The molecule has 9 heteroatoms. The molecular weight excluding hydrogens is 445 g/mol. The van der Waals surface area contributed by atoms with Crippen LogP contribution in [-0.2, 0) is 40.8 Å². The summed E-state index contributed by atoms with van der Waals surface area (Å²) in [5.41, 5.74) is 1.04. The Labute approximate surface area is 195 Å². The first-order valence-electron chi connectivity index (χ1n) is 10.9. The maximum absolute atomic E-state index is 13.5. The summed E-state index contributed by atoms with van der Waals surface area (Å²) in [6.45, 7) is 6.43. The number of phosphoric ester groups is 1. The van der Waals surface area contributed by atoms with Gasteiger partial charge >= 0.3 is 13.9 Å². The van der Waals surface area contributed by atoms with Gasteiger partial charge in [0.1, 0.15) is 5.60 Å². The molecule has 1 aliphatic rings. The van der Waals surface area contributed by atoms with Gasteiger partial charge in [0.05, 0.1) is 39.1 Å². The van der Waals surface area contributed by atoms with Crippen molar-refractivity contribution in [3.63, 3.8) is 0 Å². The van der Waals surface area contributed by atoms with Gasteiger partial charge in [-0.15, -0.1) is 0 Å². The van der Waals surface area contributed by atoms with E-state index in [4.69, 9.17) is 23.0 Å². The second-order valence-corrected chi connectivity index (χ2v) is 10.3. The summed E-state index contributed by atoms with van der Waals surface area (Å²) in [4.78, 5) is 14.2. The Morgan fingerprint density at radius 2 is 1.52 bits per heavy atom. The van der Waals surface area contributed by atoms with E-state index in [1.54, 1.807) is 20.8 Å². The van der Waals surface area contributed by atoms with Crippen LogP contribution in [0.15, 0.2) is 60.7 Å². The van der Waals surface area contributed by atoms with Gasteiger partial charge in [-0.25, -0.2) is 9.36 Å². The molecule has 1 heterocycles. The summed E-state index contributed by atoms with van der Waals surface area (Å²) in [5.74, 6) is 0. The fraction of sp³-hybridized carbons (Fsp3) is 0.458. The van der Waals surface area contributed by atoms with Crippen molar-refractivity contribution in [1.82, 2.24) is 4.90 Å². The van der Waals surface area contributed by atoms with Crippen molar-refractivity contribution in [2.24, 2.45) is 0 Å². The highest BCUT2D eigenvalue weighted by Gasteiger charge is 2.35. The Balaban J connectivity index is 1.66. The summed E-state index contributed by atoms with van der Waals surface area (Å²) in [6.07, 6.45) is -0.468. The number of rotatable bonds is 9. The van der Waals surface area contributed by atoms with Gasteiger partial charge < -0.3 is 9.47 Å². The minimum Gasteiger partial charge on any atom is -0.444 e. The highest BCUT2D eigenvalue weighted by atomic mass is 31.2. The molecule has 1 saturated heterocycles. The van der Waals surface area contributed by atoms with Gasteiger partial charge in [-0.3, -0.25) is 18.5 Å². The van der Waals surface area contributed by atoms with E-state index in [1.807, 2.05) is 60.7 Å². The summed E-state index contributed by atoms with van der Waals surface area (Å²) < 4.78 is 41.5. The second-order valence-electron chi connectivity index (χ2n) is 8.66. The quantitative estimate of drug-likeness (QED) is 0.460. The smallest absolute Gasteiger partial charge is 0.444 e. The zero-order valence-electron chi connectivity index (χ0n) is 19.3. The molecule has 3 rings (SSSR count). The van der Waals surface area contributed by atoms with Crippen LogP contribution in [0.5, 0.6) is 0 Å². The van der Waals surface area contributed by atoms with E-state index < -0.39 is 25.6 Å². The number of hydrogen-bond acceptors (Lipinski definition) is 7. The predicted molar refractivity (Wildman–Crippen MR) is 124 cm³/mol. The second kappa shape index (κ2) is 11.8. The van der Waals surface area contributed by atoms with Gasteiger partial charge in [-0.2, -0.15) is 0 Å². The van der Waals surface area contributed by atoms with Crippen molar-refractivity contribution < 1.29 is 32.4 Å². The van der Waals surface area contributed by atoms with E-state index in [0.717, 1.165) is 11.1 Å². The van der Waals surface area contributed by atoms with Crippen molar-refractivity contribution in [2.75, 3.05) is 26.4 Å². The van der Waals surface area contributed by atoms with Crippen molar-refractivity contribution in [1.29, 1.82) is 0 Å². The van der Waals surface area contributed by atoms with Crippen molar-refractivity contribution in [3.05, 3.63) is 71.8 Å². The van der Waals surface area contributed by atoms with Crippen molar-refractivity contribution in [3.8, 4) is 0 Å². The minimum atomic E-state index is -3.95. The van der Waals surface area contributed by atoms with Gasteiger partial charge in [0.2, 0.25) is 0 Å². The summed E-state index contributed by atoms with van der Waals surface area (Å²) in [6, 6.07) is 18.2. The number of carbonyl (C=O) groups is 1. The van der Waals surface area contributed by atoms with E-state index in [2.05, 4.69) is 0 Å². The molecule has 8 nitrogen and oxygen atoms in total. The van der Waals surface area contributed by atoms with Crippen LogP contribution in [0, 0.1) is 0 Å². The molecule has 0 aromatic heterocycles. The third kappa shape index (κ3) is 8.57. The first-order valence-corrected chi connectivity index (χ1v) is 12.4. The van der Waals surface area contributed by atoms with Crippen LogP contribution in [0.1, 0.15) is 31.9 Å². The number of hydrogen-bond donors (Lipinski definition) is 0. The summed E-state index contributed by atoms with van der Waals surface area (Å²) >= 11 is 0. The molecule has 180 valence electrons. The molecule has 0 aliphatic carbocycles. The van der Waals surface area contributed by atoms with E-state index in [9.17, 15) is 9.36 Å². The molecule has 0 N–H and O–H groups in total. The lowest BCUT2D eigenvalue weighted by atomic mass is 10.2. The van der Waals surface area contributed by atoms with Crippen LogP contribution in [0.3, 0.4) is 0 Å².